The highest BCUT2D eigenvalue weighted by molar-refractivity contribution is 5.77. The molecule has 0 spiro atoms. The Hall–Kier alpha value is -2.43. The van der Waals surface area contributed by atoms with Gasteiger partial charge < -0.3 is 4.42 Å². The summed E-state index contributed by atoms with van der Waals surface area (Å²) in [7, 11) is 1.75. The molecule has 0 aliphatic carbocycles. The first-order chi connectivity index (χ1) is 8.25. The molecular weight excluding hydrogens is 218 g/mol. The fourth-order valence-corrected chi connectivity index (χ4v) is 1.74. The Kier molecular flexibility index (Phi) is 2.04. The van der Waals surface area contributed by atoms with E-state index < -0.39 is 0 Å². The lowest BCUT2D eigenvalue weighted by atomic mass is 10.2. The van der Waals surface area contributed by atoms with Crippen molar-refractivity contribution in [3.8, 4) is 11.5 Å². The smallest absolute Gasteiger partial charge is 0.193 e. The first-order valence-electron chi connectivity index (χ1n) is 5.13. The largest absolute Gasteiger partial charge is 0.454 e. The van der Waals surface area contributed by atoms with Crippen molar-refractivity contribution >= 4 is 11.0 Å². The monoisotopic (exact) mass is 227 g/mol. The molecule has 0 unspecified atom stereocenters. The third-order valence-electron chi connectivity index (χ3n) is 2.60. The van der Waals surface area contributed by atoms with Gasteiger partial charge in [0.15, 0.2) is 11.2 Å². The minimum absolute atomic E-state index is 0.0666. The van der Waals surface area contributed by atoms with Gasteiger partial charge in [-0.3, -0.25) is 4.79 Å². The van der Waals surface area contributed by atoms with E-state index in [4.69, 9.17) is 4.42 Å². The molecule has 0 aliphatic heterocycles. The van der Waals surface area contributed by atoms with Crippen LogP contribution in [0.4, 0.5) is 0 Å². The number of para-hydroxylation sites is 1. The van der Waals surface area contributed by atoms with Crippen LogP contribution in [0.3, 0.4) is 0 Å². The number of aromatic nitrogens is 3. The van der Waals surface area contributed by atoms with Crippen molar-refractivity contribution in [1.82, 2.24) is 15.0 Å². The standard InChI is InChI=1S/C12H9N3O2/c1-15-9(7-13-14-15)12-6-10(16)8-4-2-3-5-11(8)17-12/h2-7H,1H3. The van der Waals surface area contributed by atoms with Crippen LogP contribution in [0.15, 0.2) is 45.7 Å². The highest BCUT2D eigenvalue weighted by atomic mass is 16.3. The predicted molar refractivity (Wildman–Crippen MR) is 62.5 cm³/mol. The van der Waals surface area contributed by atoms with Crippen LogP contribution in [0.2, 0.25) is 0 Å². The van der Waals surface area contributed by atoms with E-state index in [0.29, 0.717) is 22.4 Å². The predicted octanol–water partition coefficient (Wildman–Crippen LogP) is 1.59. The van der Waals surface area contributed by atoms with Gasteiger partial charge >= 0.3 is 0 Å². The van der Waals surface area contributed by atoms with Gasteiger partial charge in [-0.15, -0.1) is 5.10 Å². The van der Waals surface area contributed by atoms with Crippen molar-refractivity contribution < 1.29 is 4.42 Å². The maximum absolute atomic E-state index is 11.9. The number of nitrogens with zero attached hydrogens (tertiary/aromatic N) is 3. The maximum atomic E-state index is 11.9. The van der Waals surface area contributed by atoms with E-state index in [1.165, 1.54) is 6.07 Å². The third-order valence-corrected chi connectivity index (χ3v) is 2.60. The molecule has 84 valence electrons. The van der Waals surface area contributed by atoms with Gasteiger partial charge in [-0.2, -0.15) is 0 Å². The molecule has 0 fully saturated rings. The second kappa shape index (κ2) is 3.55. The average Bonchev–Trinajstić information content (AvgIpc) is 2.75. The van der Waals surface area contributed by atoms with Gasteiger partial charge in [-0.1, -0.05) is 17.3 Å². The van der Waals surface area contributed by atoms with E-state index in [-0.39, 0.29) is 5.43 Å². The molecule has 0 N–H and O–H groups in total. The fourth-order valence-electron chi connectivity index (χ4n) is 1.74. The Labute approximate surface area is 96.3 Å². The summed E-state index contributed by atoms with van der Waals surface area (Å²) in [6, 6.07) is 8.61. The molecule has 3 rings (SSSR count). The number of rotatable bonds is 1. The fraction of sp³-hybridized carbons (Fsp3) is 0.0833. The molecule has 0 amide bonds. The summed E-state index contributed by atoms with van der Waals surface area (Å²) in [5.41, 5.74) is 1.17. The SMILES string of the molecule is Cn1nncc1-c1cc(=O)c2ccccc2o1. The van der Waals surface area contributed by atoms with E-state index in [2.05, 4.69) is 10.3 Å². The van der Waals surface area contributed by atoms with Crippen LogP contribution in [0.1, 0.15) is 0 Å². The molecule has 0 aliphatic rings. The lowest BCUT2D eigenvalue weighted by Crippen LogP contribution is -2.02. The van der Waals surface area contributed by atoms with Gasteiger partial charge in [0.2, 0.25) is 0 Å². The van der Waals surface area contributed by atoms with E-state index in [1.54, 1.807) is 30.1 Å². The van der Waals surface area contributed by atoms with Gasteiger partial charge in [0.25, 0.3) is 0 Å². The van der Waals surface area contributed by atoms with Crippen LogP contribution in [-0.4, -0.2) is 15.0 Å². The Morgan fingerprint density at radius 2 is 2.12 bits per heavy atom. The van der Waals surface area contributed by atoms with Crippen LogP contribution in [0.5, 0.6) is 0 Å². The summed E-state index contributed by atoms with van der Waals surface area (Å²) in [4.78, 5) is 11.9. The van der Waals surface area contributed by atoms with Gasteiger partial charge in [0, 0.05) is 13.1 Å². The van der Waals surface area contributed by atoms with Gasteiger partial charge in [0.1, 0.15) is 11.3 Å². The van der Waals surface area contributed by atoms with Crippen molar-refractivity contribution in [2.45, 2.75) is 0 Å². The number of fused-ring (bicyclic) bond motifs is 1. The number of aryl methyl sites for hydroxylation is 1. The molecule has 1 aromatic carbocycles. The Bertz CT molecular complexity index is 743. The molecular formula is C12H9N3O2. The molecule has 2 heterocycles. The normalized spacial score (nSPS) is 10.9. The van der Waals surface area contributed by atoms with Crippen molar-refractivity contribution in [3.05, 3.63) is 46.8 Å². The molecule has 3 aromatic rings. The number of benzene rings is 1. The van der Waals surface area contributed by atoms with Crippen molar-refractivity contribution in [1.29, 1.82) is 0 Å². The van der Waals surface area contributed by atoms with Gasteiger partial charge in [0.05, 0.1) is 11.6 Å². The molecule has 0 saturated heterocycles. The summed E-state index contributed by atoms with van der Waals surface area (Å²) >= 11 is 0. The van der Waals surface area contributed by atoms with Crippen molar-refractivity contribution in [2.24, 2.45) is 7.05 Å². The lowest BCUT2D eigenvalue weighted by Gasteiger charge is -2.01. The zero-order valence-electron chi connectivity index (χ0n) is 9.12. The van der Waals surface area contributed by atoms with Crippen molar-refractivity contribution in [3.63, 3.8) is 0 Å². The minimum atomic E-state index is -0.0666. The first kappa shape index (κ1) is 9.77. The Balaban J connectivity index is 2.33. The zero-order valence-corrected chi connectivity index (χ0v) is 9.12. The molecule has 2 aromatic heterocycles. The van der Waals surface area contributed by atoms with Crippen LogP contribution < -0.4 is 5.43 Å². The van der Waals surface area contributed by atoms with E-state index in [9.17, 15) is 4.79 Å². The van der Waals surface area contributed by atoms with Crippen LogP contribution >= 0.6 is 0 Å². The summed E-state index contributed by atoms with van der Waals surface area (Å²) < 4.78 is 7.23. The summed E-state index contributed by atoms with van der Waals surface area (Å²) in [6.45, 7) is 0. The molecule has 0 radical (unpaired) electrons. The number of hydrogen-bond donors (Lipinski definition) is 0. The third kappa shape index (κ3) is 1.52. The maximum Gasteiger partial charge on any atom is 0.193 e. The van der Waals surface area contributed by atoms with E-state index in [0.717, 1.165) is 0 Å². The van der Waals surface area contributed by atoms with Crippen LogP contribution in [0.25, 0.3) is 22.4 Å². The topological polar surface area (TPSA) is 60.9 Å². The minimum Gasteiger partial charge on any atom is -0.454 e. The highest BCUT2D eigenvalue weighted by Gasteiger charge is 2.09. The molecule has 0 bridgehead atoms. The first-order valence-corrected chi connectivity index (χ1v) is 5.13. The second-order valence-corrected chi connectivity index (χ2v) is 3.71. The second-order valence-electron chi connectivity index (χ2n) is 3.71. The van der Waals surface area contributed by atoms with E-state index in [1.807, 2.05) is 12.1 Å². The Morgan fingerprint density at radius 1 is 1.29 bits per heavy atom. The average molecular weight is 227 g/mol. The van der Waals surface area contributed by atoms with Gasteiger partial charge in [-0.25, -0.2) is 4.68 Å². The molecule has 17 heavy (non-hydrogen) atoms. The molecule has 0 saturated carbocycles. The van der Waals surface area contributed by atoms with E-state index >= 15 is 0 Å². The molecule has 5 nitrogen and oxygen atoms in total. The van der Waals surface area contributed by atoms with Crippen molar-refractivity contribution in [2.75, 3.05) is 0 Å². The summed E-state index contributed by atoms with van der Waals surface area (Å²) in [6.07, 6.45) is 1.56. The summed E-state index contributed by atoms with van der Waals surface area (Å²) in [5.74, 6) is 0.473. The lowest BCUT2D eigenvalue weighted by molar-refractivity contribution is 0.604. The van der Waals surface area contributed by atoms with Gasteiger partial charge in [-0.05, 0) is 12.1 Å². The highest BCUT2D eigenvalue weighted by Crippen LogP contribution is 2.20. The Morgan fingerprint density at radius 3 is 2.88 bits per heavy atom. The van der Waals surface area contributed by atoms with Crippen LogP contribution in [0, 0.1) is 0 Å². The summed E-state index contributed by atoms with van der Waals surface area (Å²) in [5, 5.41) is 8.14. The number of hydrogen-bond acceptors (Lipinski definition) is 4. The molecule has 5 heteroatoms. The molecule has 0 atom stereocenters. The quantitative estimate of drug-likeness (QED) is 0.633. The zero-order chi connectivity index (χ0) is 11.8. The van der Waals surface area contributed by atoms with Crippen LogP contribution in [-0.2, 0) is 7.05 Å².